The molecule has 3 atom stereocenters. The van der Waals surface area contributed by atoms with Crippen molar-refractivity contribution in [3.8, 4) is 0 Å². The first kappa shape index (κ1) is 16.7. The summed E-state index contributed by atoms with van der Waals surface area (Å²) in [6.45, 7) is 6.29. The lowest BCUT2D eigenvalue weighted by Crippen LogP contribution is -2.37. The van der Waals surface area contributed by atoms with Crippen LogP contribution in [0.2, 0.25) is 0 Å². The van der Waals surface area contributed by atoms with Crippen molar-refractivity contribution in [1.82, 2.24) is 4.90 Å². The molecule has 0 spiro atoms. The standard InChI is InChI=1S/C17H27NO2/c1-5-13(2)14(3)17(20)18(4)16(11-12-19)15-9-7-6-8-10-15/h6-10,13-14,16,19H,5,11-12H2,1-4H3. The predicted molar refractivity (Wildman–Crippen MR) is 82.3 cm³/mol. The Kier molecular flexibility index (Phi) is 6.73. The highest BCUT2D eigenvalue weighted by Gasteiger charge is 2.27. The fourth-order valence-corrected chi connectivity index (χ4v) is 2.45. The zero-order valence-corrected chi connectivity index (χ0v) is 13.0. The molecule has 1 aromatic rings. The van der Waals surface area contributed by atoms with Gasteiger partial charge >= 0.3 is 0 Å². The van der Waals surface area contributed by atoms with Gasteiger partial charge in [0.2, 0.25) is 5.91 Å². The third kappa shape index (κ3) is 4.07. The summed E-state index contributed by atoms with van der Waals surface area (Å²) >= 11 is 0. The van der Waals surface area contributed by atoms with Crippen LogP contribution in [0.3, 0.4) is 0 Å². The number of hydrogen-bond donors (Lipinski definition) is 1. The van der Waals surface area contributed by atoms with Gasteiger partial charge in [-0.15, -0.1) is 0 Å². The van der Waals surface area contributed by atoms with Crippen molar-refractivity contribution in [3.63, 3.8) is 0 Å². The van der Waals surface area contributed by atoms with Crippen LogP contribution in [0.5, 0.6) is 0 Å². The monoisotopic (exact) mass is 277 g/mol. The number of carbonyl (C=O) groups is 1. The highest BCUT2D eigenvalue weighted by Crippen LogP contribution is 2.26. The second-order valence-corrected chi connectivity index (χ2v) is 5.56. The zero-order valence-electron chi connectivity index (χ0n) is 13.0. The molecule has 1 amide bonds. The number of aliphatic hydroxyl groups excluding tert-OH is 1. The molecule has 0 aromatic heterocycles. The summed E-state index contributed by atoms with van der Waals surface area (Å²) < 4.78 is 0. The molecular formula is C17H27NO2. The van der Waals surface area contributed by atoms with Crippen molar-refractivity contribution in [2.45, 2.75) is 39.7 Å². The lowest BCUT2D eigenvalue weighted by molar-refractivity contribution is -0.137. The first-order valence-corrected chi connectivity index (χ1v) is 7.45. The van der Waals surface area contributed by atoms with Gasteiger partial charge in [-0.05, 0) is 17.9 Å². The van der Waals surface area contributed by atoms with E-state index in [0.29, 0.717) is 12.3 Å². The maximum atomic E-state index is 12.6. The molecule has 0 aliphatic rings. The number of aliphatic hydroxyl groups is 1. The normalized spacial score (nSPS) is 15.4. The van der Waals surface area contributed by atoms with Gasteiger partial charge in [-0.25, -0.2) is 0 Å². The highest BCUT2D eigenvalue weighted by atomic mass is 16.3. The maximum absolute atomic E-state index is 12.6. The van der Waals surface area contributed by atoms with E-state index < -0.39 is 0 Å². The topological polar surface area (TPSA) is 40.5 Å². The molecule has 20 heavy (non-hydrogen) atoms. The van der Waals surface area contributed by atoms with Gasteiger partial charge in [0.15, 0.2) is 0 Å². The molecule has 3 heteroatoms. The molecule has 1 N–H and O–H groups in total. The number of nitrogens with zero attached hydrogens (tertiary/aromatic N) is 1. The molecule has 112 valence electrons. The summed E-state index contributed by atoms with van der Waals surface area (Å²) in [5, 5.41) is 9.28. The summed E-state index contributed by atoms with van der Waals surface area (Å²) in [5.74, 6) is 0.534. The van der Waals surface area contributed by atoms with E-state index in [0.717, 1.165) is 12.0 Å². The molecule has 0 radical (unpaired) electrons. The molecule has 1 aromatic carbocycles. The summed E-state index contributed by atoms with van der Waals surface area (Å²) in [5.41, 5.74) is 1.08. The SMILES string of the molecule is CCC(C)C(C)C(=O)N(C)C(CCO)c1ccccc1. The van der Waals surface area contributed by atoms with Crippen molar-refractivity contribution in [2.75, 3.05) is 13.7 Å². The van der Waals surface area contributed by atoms with E-state index in [9.17, 15) is 9.90 Å². The lowest BCUT2D eigenvalue weighted by Gasteiger charge is -2.32. The van der Waals surface area contributed by atoms with Gasteiger partial charge in [0.05, 0.1) is 6.04 Å². The highest BCUT2D eigenvalue weighted by molar-refractivity contribution is 5.79. The number of hydrogen-bond acceptors (Lipinski definition) is 2. The second kappa shape index (κ2) is 8.05. The van der Waals surface area contributed by atoms with Crippen LogP contribution in [-0.2, 0) is 4.79 Å². The smallest absolute Gasteiger partial charge is 0.225 e. The Bertz CT molecular complexity index is 405. The molecule has 3 nitrogen and oxygen atoms in total. The van der Waals surface area contributed by atoms with Gasteiger partial charge in [0, 0.05) is 19.6 Å². The van der Waals surface area contributed by atoms with Crippen molar-refractivity contribution in [3.05, 3.63) is 35.9 Å². The molecule has 0 fully saturated rings. The van der Waals surface area contributed by atoms with Crippen LogP contribution in [0.1, 0.15) is 45.2 Å². The molecule has 0 aliphatic carbocycles. The number of rotatable bonds is 7. The van der Waals surface area contributed by atoms with Gasteiger partial charge in [0.25, 0.3) is 0 Å². The molecule has 1 rings (SSSR count). The van der Waals surface area contributed by atoms with E-state index in [2.05, 4.69) is 13.8 Å². The number of carbonyl (C=O) groups excluding carboxylic acids is 1. The van der Waals surface area contributed by atoms with Gasteiger partial charge in [-0.1, -0.05) is 57.5 Å². The lowest BCUT2D eigenvalue weighted by atomic mass is 9.91. The molecular weight excluding hydrogens is 250 g/mol. The molecule has 3 unspecified atom stereocenters. The quantitative estimate of drug-likeness (QED) is 0.831. The largest absolute Gasteiger partial charge is 0.396 e. The summed E-state index contributed by atoms with van der Waals surface area (Å²) in [7, 11) is 1.84. The predicted octanol–water partition coefficient (Wildman–Crippen LogP) is 3.25. The van der Waals surface area contributed by atoms with E-state index >= 15 is 0 Å². The van der Waals surface area contributed by atoms with Crippen molar-refractivity contribution in [1.29, 1.82) is 0 Å². The first-order chi connectivity index (χ1) is 9.52. The Hall–Kier alpha value is -1.35. The van der Waals surface area contributed by atoms with Crippen molar-refractivity contribution < 1.29 is 9.90 Å². The van der Waals surface area contributed by atoms with Crippen LogP contribution in [0.4, 0.5) is 0 Å². The Morgan fingerprint density at radius 2 is 1.85 bits per heavy atom. The zero-order chi connectivity index (χ0) is 15.1. The third-order valence-electron chi connectivity index (χ3n) is 4.29. The minimum atomic E-state index is -0.0554. The van der Waals surface area contributed by atoms with E-state index in [4.69, 9.17) is 0 Å². The van der Waals surface area contributed by atoms with Crippen molar-refractivity contribution >= 4 is 5.91 Å². The van der Waals surface area contributed by atoms with E-state index in [1.165, 1.54) is 0 Å². The van der Waals surface area contributed by atoms with Gasteiger partial charge < -0.3 is 10.0 Å². The maximum Gasteiger partial charge on any atom is 0.225 e. The summed E-state index contributed by atoms with van der Waals surface area (Å²) in [6.07, 6.45) is 1.57. The minimum absolute atomic E-state index is 0.00917. The van der Waals surface area contributed by atoms with E-state index in [-0.39, 0.29) is 24.5 Å². The van der Waals surface area contributed by atoms with Crippen molar-refractivity contribution in [2.24, 2.45) is 11.8 Å². The van der Waals surface area contributed by atoms with Gasteiger partial charge in [0.1, 0.15) is 0 Å². The second-order valence-electron chi connectivity index (χ2n) is 5.56. The minimum Gasteiger partial charge on any atom is -0.396 e. The van der Waals surface area contributed by atoms with Gasteiger partial charge in [-0.3, -0.25) is 4.79 Å². The van der Waals surface area contributed by atoms with E-state index in [1.54, 1.807) is 4.90 Å². The van der Waals surface area contributed by atoms with Gasteiger partial charge in [-0.2, -0.15) is 0 Å². The molecule has 0 saturated heterocycles. The summed E-state index contributed by atoms with van der Waals surface area (Å²) in [6, 6.07) is 9.87. The van der Waals surface area contributed by atoms with Crippen LogP contribution in [0.25, 0.3) is 0 Å². The average Bonchev–Trinajstić information content (AvgIpc) is 2.50. The third-order valence-corrected chi connectivity index (χ3v) is 4.29. The Labute approximate surface area is 122 Å². The summed E-state index contributed by atoms with van der Waals surface area (Å²) in [4.78, 5) is 14.4. The van der Waals surface area contributed by atoms with Crippen LogP contribution < -0.4 is 0 Å². The van der Waals surface area contributed by atoms with Crippen LogP contribution >= 0.6 is 0 Å². The molecule has 0 aliphatic heterocycles. The van der Waals surface area contributed by atoms with Crippen LogP contribution in [0.15, 0.2) is 30.3 Å². The molecule has 0 saturated carbocycles. The average molecular weight is 277 g/mol. The molecule has 0 bridgehead atoms. The fraction of sp³-hybridized carbons (Fsp3) is 0.588. The Morgan fingerprint density at radius 1 is 1.25 bits per heavy atom. The number of benzene rings is 1. The first-order valence-electron chi connectivity index (χ1n) is 7.45. The number of amides is 1. The van der Waals surface area contributed by atoms with Crippen LogP contribution in [0, 0.1) is 11.8 Å². The fourth-order valence-electron chi connectivity index (χ4n) is 2.45. The molecule has 0 heterocycles. The van der Waals surface area contributed by atoms with Crippen LogP contribution in [-0.4, -0.2) is 29.6 Å². The van der Waals surface area contributed by atoms with E-state index in [1.807, 2.05) is 44.3 Å². The Morgan fingerprint density at radius 3 is 2.35 bits per heavy atom. The Balaban J connectivity index is 2.89.